The van der Waals surface area contributed by atoms with Gasteiger partial charge in [-0.1, -0.05) is 41.3 Å². The molecule has 1 amide bonds. The molecule has 0 radical (unpaired) electrons. The van der Waals surface area contributed by atoms with Crippen LogP contribution in [0, 0.1) is 11.8 Å². The highest BCUT2D eigenvalue weighted by Crippen LogP contribution is 2.26. The van der Waals surface area contributed by atoms with E-state index in [4.69, 9.17) is 27.9 Å². The van der Waals surface area contributed by atoms with Crippen LogP contribution in [0.4, 0.5) is 0 Å². The second kappa shape index (κ2) is 10.7. The first-order valence-corrected chi connectivity index (χ1v) is 11.4. The van der Waals surface area contributed by atoms with Gasteiger partial charge in [0.2, 0.25) is 0 Å². The molecule has 33 heavy (non-hydrogen) atoms. The number of carbonyl (C=O) groups excluding carboxylic acids is 1. The Morgan fingerprint density at radius 3 is 2.42 bits per heavy atom. The average Bonchev–Trinajstić information content (AvgIpc) is 2.85. The van der Waals surface area contributed by atoms with Gasteiger partial charge in [-0.25, -0.2) is 4.98 Å². The van der Waals surface area contributed by atoms with Gasteiger partial charge in [-0.2, -0.15) is 0 Å². The van der Waals surface area contributed by atoms with Gasteiger partial charge in [-0.05, 0) is 48.4 Å². The largest absolute Gasteiger partial charge is 0.495 e. The van der Waals surface area contributed by atoms with Crippen LogP contribution in [0.2, 0.25) is 10.0 Å². The van der Waals surface area contributed by atoms with Crippen molar-refractivity contribution in [3.8, 4) is 17.6 Å². The Morgan fingerprint density at radius 1 is 1.00 bits per heavy atom. The van der Waals surface area contributed by atoms with Crippen LogP contribution in [-0.2, 0) is 6.54 Å². The highest BCUT2D eigenvalue weighted by molar-refractivity contribution is 6.35. The molecule has 0 atom stereocenters. The molecule has 1 saturated heterocycles. The molecule has 1 aliphatic rings. The number of methoxy groups -OCH3 is 1. The minimum absolute atomic E-state index is 0.0195. The lowest BCUT2D eigenvalue weighted by Crippen LogP contribution is -2.48. The van der Waals surface area contributed by atoms with E-state index >= 15 is 0 Å². The summed E-state index contributed by atoms with van der Waals surface area (Å²) in [4.78, 5) is 21.5. The van der Waals surface area contributed by atoms with Gasteiger partial charge in [0.05, 0.1) is 12.7 Å². The van der Waals surface area contributed by atoms with Gasteiger partial charge in [0, 0.05) is 60.1 Å². The third-order valence-electron chi connectivity index (χ3n) is 5.54. The monoisotopic (exact) mass is 479 g/mol. The second-order valence-corrected chi connectivity index (χ2v) is 8.46. The topological polar surface area (TPSA) is 45.7 Å². The molecule has 2 aromatic carbocycles. The van der Waals surface area contributed by atoms with Crippen molar-refractivity contribution in [3.63, 3.8) is 0 Å². The number of carbonyl (C=O) groups is 1. The Morgan fingerprint density at radius 2 is 1.76 bits per heavy atom. The normalized spacial score (nSPS) is 13.8. The lowest BCUT2D eigenvalue weighted by molar-refractivity contribution is 0.0628. The highest BCUT2D eigenvalue weighted by atomic mass is 35.5. The maximum Gasteiger partial charge on any atom is 0.253 e. The van der Waals surface area contributed by atoms with Crippen molar-refractivity contribution in [2.24, 2.45) is 0 Å². The van der Waals surface area contributed by atoms with Gasteiger partial charge >= 0.3 is 0 Å². The minimum atomic E-state index is -0.0195. The van der Waals surface area contributed by atoms with Gasteiger partial charge < -0.3 is 9.64 Å². The van der Waals surface area contributed by atoms with Crippen LogP contribution in [-0.4, -0.2) is 54.0 Å². The van der Waals surface area contributed by atoms with Gasteiger partial charge in [0.25, 0.3) is 5.91 Å². The van der Waals surface area contributed by atoms with Gasteiger partial charge in [0.15, 0.2) is 0 Å². The summed E-state index contributed by atoms with van der Waals surface area (Å²) < 4.78 is 5.43. The Kier molecular flexibility index (Phi) is 7.51. The van der Waals surface area contributed by atoms with Crippen molar-refractivity contribution in [2.45, 2.75) is 6.54 Å². The van der Waals surface area contributed by atoms with Gasteiger partial charge in [-0.3, -0.25) is 9.69 Å². The number of hydrogen-bond acceptors (Lipinski definition) is 4. The molecule has 0 saturated carbocycles. The van der Waals surface area contributed by atoms with Crippen molar-refractivity contribution in [2.75, 3.05) is 33.3 Å². The second-order valence-electron chi connectivity index (χ2n) is 7.65. The molecule has 0 N–H and O–H groups in total. The maximum atomic E-state index is 13.2. The van der Waals surface area contributed by atoms with E-state index in [0.29, 0.717) is 52.2 Å². The molecule has 0 aliphatic carbocycles. The third kappa shape index (κ3) is 5.66. The quantitative estimate of drug-likeness (QED) is 0.506. The molecule has 2 heterocycles. The van der Waals surface area contributed by atoms with E-state index in [1.807, 2.05) is 41.3 Å². The zero-order valence-electron chi connectivity index (χ0n) is 18.2. The Labute approximate surface area is 203 Å². The standard InChI is InChI=1S/C26H23Cl2N3O2/c1-33-25-11-9-20(17-19(25)8-10-21-5-2-3-12-29-21)26(32)31-15-13-30(14-16-31)18-22-23(27)6-4-7-24(22)28/h2-7,9,11-12,17H,13-16,18H2,1H3. The van der Waals surface area contributed by atoms with Crippen molar-refractivity contribution < 1.29 is 9.53 Å². The van der Waals surface area contributed by atoms with Crippen LogP contribution in [0.25, 0.3) is 0 Å². The first-order chi connectivity index (χ1) is 16.0. The van der Waals surface area contributed by atoms with E-state index in [1.165, 1.54) is 0 Å². The van der Waals surface area contributed by atoms with Crippen LogP contribution >= 0.6 is 23.2 Å². The van der Waals surface area contributed by atoms with E-state index in [-0.39, 0.29) is 5.91 Å². The molecule has 1 aromatic heterocycles. The predicted molar refractivity (Wildman–Crippen MR) is 131 cm³/mol. The molecule has 3 aromatic rings. The molecule has 0 unspecified atom stereocenters. The number of pyridine rings is 1. The molecule has 168 valence electrons. The Bertz CT molecular complexity index is 1180. The molecule has 0 spiro atoms. The lowest BCUT2D eigenvalue weighted by Gasteiger charge is -2.35. The summed E-state index contributed by atoms with van der Waals surface area (Å²) in [6.07, 6.45) is 1.69. The Balaban J connectivity index is 1.44. The zero-order valence-corrected chi connectivity index (χ0v) is 19.7. The van der Waals surface area contributed by atoms with Crippen LogP contribution < -0.4 is 4.74 Å². The SMILES string of the molecule is COc1ccc(C(=O)N2CCN(Cc3c(Cl)cccc3Cl)CC2)cc1C#Cc1ccccn1. The van der Waals surface area contributed by atoms with Gasteiger partial charge in [0.1, 0.15) is 11.4 Å². The van der Waals surface area contributed by atoms with Crippen molar-refractivity contribution in [1.82, 2.24) is 14.8 Å². The van der Waals surface area contributed by atoms with Crippen LogP contribution in [0.5, 0.6) is 5.75 Å². The fourth-order valence-electron chi connectivity index (χ4n) is 3.71. The highest BCUT2D eigenvalue weighted by Gasteiger charge is 2.23. The summed E-state index contributed by atoms with van der Waals surface area (Å²) in [5.41, 5.74) is 2.82. The number of hydrogen-bond donors (Lipinski definition) is 0. The smallest absolute Gasteiger partial charge is 0.253 e. The van der Waals surface area contributed by atoms with E-state index in [0.717, 1.165) is 18.7 Å². The van der Waals surface area contributed by atoms with E-state index in [1.54, 1.807) is 31.5 Å². The molecular formula is C26H23Cl2N3O2. The predicted octanol–water partition coefficient (Wildman–Crippen LogP) is 4.75. The number of nitrogens with zero attached hydrogens (tertiary/aromatic N) is 3. The summed E-state index contributed by atoms with van der Waals surface area (Å²) in [5, 5.41) is 1.33. The van der Waals surface area contributed by atoms with Crippen molar-refractivity contribution in [1.29, 1.82) is 0 Å². The Hall–Kier alpha value is -3.04. The van der Waals surface area contributed by atoms with Gasteiger partial charge in [-0.15, -0.1) is 0 Å². The molecular weight excluding hydrogens is 457 g/mol. The van der Waals surface area contributed by atoms with E-state index in [2.05, 4.69) is 21.7 Å². The maximum absolute atomic E-state index is 13.2. The lowest BCUT2D eigenvalue weighted by atomic mass is 10.1. The molecule has 1 fully saturated rings. The summed E-state index contributed by atoms with van der Waals surface area (Å²) in [6, 6.07) is 16.4. The third-order valence-corrected chi connectivity index (χ3v) is 6.25. The molecule has 1 aliphatic heterocycles. The summed E-state index contributed by atoms with van der Waals surface area (Å²) in [5.74, 6) is 6.71. The first-order valence-electron chi connectivity index (χ1n) is 10.6. The molecule has 4 rings (SSSR count). The number of piperazine rings is 1. The van der Waals surface area contributed by atoms with Crippen LogP contribution in [0.15, 0.2) is 60.8 Å². The first kappa shape index (κ1) is 23.1. The van der Waals surface area contributed by atoms with Crippen LogP contribution in [0.1, 0.15) is 27.2 Å². The van der Waals surface area contributed by atoms with Crippen LogP contribution in [0.3, 0.4) is 0 Å². The number of benzene rings is 2. The molecule has 0 bridgehead atoms. The fourth-order valence-corrected chi connectivity index (χ4v) is 4.22. The van der Waals surface area contributed by atoms with E-state index < -0.39 is 0 Å². The summed E-state index contributed by atoms with van der Waals surface area (Å²) >= 11 is 12.6. The van der Waals surface area contributed by atoms with Crippen molar-refractivity contribution >= 4 is 29.1 Å². The zero-order chi connectivity index (χ0) is 23.2. The molecule has 5 nitrogen and oxygen atoms in total. The number of aromatic nitrogens is 1. The van der Waals surface area contributed by atoms with E-state index in [9.17, 15) is 4.79 Å². The molecule has 7 heteroatoms. The average molecular weight is 480 g/mol. The number of halogens is 2. The number of amides is 1. The minimum Gasteiger partial charge on any atom is -0.495 e. The summed E-state index contributed by atoms with van der Waals surface area (Å²) in [6.45, 7) is 3.41. The number of rotatable bonds is 4. The summed E-state index contributed by atoms with van der Waals surface area (Å²) in [7, 11) is 1.59. The fraction of sp³-hybridized carbons (Fsp3) is 0.231. The van der Waals surface area contributed by atoms with Crippen molar-refractivity contribution in [3.05, 3.63) is 93.2 Å². The number of ether oxygens (including phenoxy) is 1.